The minimum Gasteiger partial charge on any atom is -0.357 e. The summed E-state index contributed by atoms with van der Waals surface area (Å²) in [6.45, 7) is 0.830. The summed E-state index contributed by atoms with van der Waals surface area (Å²) in [6, 6.07) is 2.11. The first-order valence-electron chi connectivity index (χ1n) is 3.82. The Labute approximate surface area is 107 Å². The molecule has 2 nitrogen and oxygen atoms in total. The molecule has 0 radical (unpaired) electrons. The van der Waals surface area contributed by atoms with Crippen LogP contribution in [0.1, 0.15) is 4.88 Å². The Bertz CT molecular complexity index is 384. The lowest BCUT2D eigenvalue weighted by Gasteiger charge is -1.98. The van der Waals surface area contributed by atoms with Crippen molar-refractivity contribution in [2.45, 2.75) is 6.54 Å². The predicted octanol–water partition coefficient (Wildman–Crippen LogP) is 4.34. The number of thiophene rings is 1. The summed E-state index contributed by atoms with van der Waals surface area (Å²) in [5.41, 5.74) is 0. The molecule has 0 aliphatic carbocycles. The number of thiazole rings is 1. The van der Waals surface area contributed by atoms with E-state index in [4.69, 9.17) is 0 Å². The number of hydrogen-bond donors (Lipinski definition) is 1. The number of aromatic nitrogens is 1. The van der Waals surface area contributed by atoms with Crippen LogP contribution in [-0.2, 0) is 6.54 Å². The maximum atomic E-state index is 4.25. The lowest BCUT2D eigenvalue weighted by atomic mass is 10.5. The molecule has 1 N–H and O–H groups in total. The van der Waals surface area contributed by atoms with Gasteiger partial charge in [-0.25, -0.2) is 4.98 Å². The van der Waals surface area contributed by atoms with E-state index in [2.05, 4.69) is 53.6 Å². The lowest BCUT2D eigenvalue weighted by molar-refractivity contribution is 1.16. The second-order valence-electron chi connectivity index (χ2n) is 2.56. The van der Waals surface area contributed by atoms with Crippen LogP contribution in [0.15, 0.2) is 25.9 Å². The van der Waals surface area contributed by atoms with Crippen molar-refractivity contribution < 1.29 is 0 Å². The molecule has 0 amide bonds. The molecule has 6 heteroatoms. The normalized spacial score (nSPS) is 10.4. The van der Waals surface area contributed by atoms with Gasteiger partial charge in [-0.05, 0) is 37.9 Å². The van der Waals surface area contributed by atoms with Gasteiger partial charge in [0.25, 0.3) is 0 Å². The van der Waals surface area contributed by atoms with Gasteiger partial charge in [0.2, 0.25) is 0 Å². The average molecular weight is 354 g/mol. The van der Waals surface area contributed by atoms with Crippen molar-refractivity contribution in [3.63, 3.8) is 0 Å². The molecule has 2 aromatic rings. The van der Waals surface area contributed by atoms with E-state index in [0.717, 1.165) is 20.8 Å². The summed E-state index contributed by atoms with van der Waals surface area (Å²) in [5, 5.41) is 8.25. The predicted molar refractivity (Wildman–Crippen MR) is 69.2 cm³/mol. The van der Waals surface area contributed by atoms with Crippen molar-refractivity contribution in [3.05, 3.63) is 30.8 Å². The van der Waals surface area contributed by atoms with E-state index in [1.807, 2.05) is 5.38 Å². The van der Waals surface area contributed by atoms with E-state index < -0.39 is 0 Å². The van der Waals surface area contributed by atoms with Crippen LogP contribution in [0.3, 0.4) is 0 Å². The third-order valence-electron chi connectivity index (χ3n) is 1.51. The molecular weight excluding hydrogens is 348 g/mol. The van der Waals surface area contributed by atoms with E-state index in [9.17, 15) is 0 Å². The van der Waals surface area contributed by atoms with Crippen LogP contribution in [0.25, 0.3) is 0 Å². The average Bonchev–Trinajstić information content (AvgIpc) is 2.72. The van der Waals surface area contributed by atoms with Crippen molar-refractivity contribution in [1.29, 1.82) is 0 Å². The third-order valence-corrected chi connectivity index (χ3v) is 4.72. The highest BCUT2D eigenvalue weighted by Gasteiger charge is 2.00. The molecule has 0 spiro atoms. The molecule has 0 unspecified atom stereocenters. The summed E-state index contributed by atoms with van der Waals surface area (Å²) in [4.78, 5) is 5.54. The summed E-state index contributed by atoms with van der Waals surface area (Å²) in [7, 11) is 0. The van der Waals surface area contributed by atoms with Gasteiger partial charge in [-0.1, -0.05) is 0 Å². The fraction of sp³-hybridized carbons (Fsp3) is 0.125. The van der Waals surface area contributed by atoms with Crippen LogP contribution in [0.5, 0.6) is 0 Å². The summed E-state index contributed by atoms with van der Waals surface area (Å²) < 4.78 is 2.02. The number of anilines is 1. The molecule has 0 aliphatic rings. The van der Waals surface area contributed by atoms with Gasteiger partial charge in [-0.2, -0.15) is 0 Å². The monoisotopic (exact) mass is 352 g/mol. The van der Waals surface area contributed by atoms with Gasteiger partial charge in [-0.15, -0.1) is 22.7 Å². The fourth-order valence-corrected chi connectivity index (χ4v) is 3.48. The Balaban J connectivity index is 1.94. The minimum atomic E-state index is 0.830. The van der Waals surface area contributed by atoms with Crippen LogP contribution < -0.4 is 5.32 Å². The quantitative estimate of drug-likeness (QED) is 0.887. The zero-order valence-corrected chi connectivity index (χ0v) is 11.8. The van der Waals surface area contributed by atoms with Crippen LogP contribution in [-0.4, -0.2) is 4.98 Å². The van der Waals surface area contributed by atoms with E-state index in [-0.39, 0.29) is 0 Å². The molecule has 0 bridgehead atoms. The maximum absolute atomic E-state index is 4.25. The van der Waals surface area contributed by atoms with E-state index in [1.54, 1.807) is 22.7 Å². The van der Waals surface area contributed by atoms with Gasteiger partial charge in [0, 0.05) is 20.1 Å². The summed E-state index contributed by atoms with van der Waals surface area (Å²) in [5.74, 6) is 0. The van der Waals surface area contributed by atoms with E-state index in [1.165, 1.54) is 4.88 Å². The van der Waals surface area contributed by atoms with Crippen LogP contribution in [0, 0.1) is 0 Å². The second kappa shape index (κ2) is 4.74. The fourth-order valence-electron chi connectivity index (χ4n) is 0.945. The van der Waals surface area contributed by atoms with Crippen molar-refractivity contribution in [3.8, 4) is 0 Å². The van der Waals surface area contributed by atoms with Gasteiger partial charge < -0.3 is 5.32 Å². The molecule has 14 heavy (non-hydrogen) atoms. The molecular formula is C8H6Br2N2S2. The summed E-state index contributed by atoms with van der Waals surface area (Å²) >= 11 is 10.1. The third kappa shape index (κ3) is 2.79. The molecule has 0 saturated heterocycles. The van der Waals surface area contributed by atoms with Gasteiger partial charge in [0.05, 0.1) is 6.54 Å². The van der Waals surface area contributed by atoms with Crippen LogP contribution in [0.4, 0.5) is 5.13 Å². The Hall–Kier alpha value is 0.0900. The highest BCUT2D eigenvalue weighted by atomic mass is 79.9. The van der Waals surface area contributed by atoms with Crippen molar-refractivity contribution in [2.24, 2.45) is 0 Å². The Morgan fingerprint density at radius 3 is 2.71 bits per heavy atom. The number of halogens is 2. The molecule has 74 valence electrons. The van der Waals surface area contributed by atoms with E-state index in [0.29, 0.717) is 0 Å². The Morgan fingerprint density at radius 1 is 1.29 bits per heavy atom. The van der Waals surface area contributed by atoms with Crippen LogP contribution >= 0.6 is 54.5 Å². The molecule has 0 saturated carbocycles. The van der Waals surface area contributed by atoms with Crippen LogP contribution in [0.2, 0.25) is 0 Å². The van der Waals surface area contributed by atoms with Crippen molar-refractivity contribution >= 4 is 59.7 Å². The number of nitrogens with one attached hydrogen (secondary N) is 1. The topological polar surface area (TPSA) is 24.9 Å². The van der Waals surface area contributed by atoms with Crippen molar-refractivity contribution in [2.75, 3.05) is 5.32 Å². The SMILES string of the molecule is Brc1csc(CNc2nc(Br)cs2)c1. The van der Waals surface area contributed by atoms with Gasteiger partial charge in [0.15, 0.2) is 5.13 Å². The Morgan fingerprint density at radius 2 is 2.14 bits per heavy atom. The van der Waals surface area contributed by atoms with Gasteiger partial charge in [0.1, 0.15) is 4.60 Å². The first-order valence-corrected chi connectivity index (χ1v) is 7.16. The standard InChI is InChI=1S/C8H6Br2N2S2/c9-5-1-6(13-3-5)2-11-8-12-7(10)4-14-8/h1,3-4H,2H2,(H,11,12). The molecule has 0 fully saturated rings. The first-order chi connectivity index (χ1) is 6.74. The number of nitrogens with zero attached hydrogens (tertiary/aromatic N) is 1. The highest BCUT2D eigenvalue weighted by molar-refractivity contribution is 9.10. The highest BCUT2D eigenvalue weighted by Crippen LogP contribution is 2.23. The Kier molecular flexibility index (Phi) is 3.59. The summed E-state index contributed by atoms with van der Waals surface area (Å²) in [6.07, 6.45) is 0. The zero-order chi connectivity index (χ0) is 9.97. The molecule has 2 heterocycles. The minimum absolute atomic E-state index is 0.830. The number of hydrogen-bond acceptors (Lipinski definition) is 4. The van der Waals surface area contributed by atoms with Gasteiger partial charge >= 0.3 is 0 Å². The molecule has 0 aliphatic heterocycles. The lowest BCUT2D eigenvalue weighted by Crippen LogP contribution is -1.96. The molecule has 2 aromatic heterocycles. The zero-order valence-electron chi connectivity index (χ0n) is 6.96. The molecule has 2 rings (SSSR count). The largest absolute Gasteiger partial charge is 0.357 e. The number of rotatable bonds is 3. The second-order valence-corrected chi connectivity index (χ2v) is 6.14. The van der Waals surface area contributed by atoms with Crippen molar-refractivity contribution in [1.82, 2.24) is 4.98 Å². The first kappa shape index (κ1) is 10.6. The van der Waals surface area contributed by atoms with Gasteiger partial charge in [-0.3, -0.25) is 0 Å². The smallest absolute Gasteiger partial charge is 0.184 e. The maximum Gasteiger partial charge on any atom is 0.184 e. The molecule has 0 aromatic carbocycles. The van der Waals surface area contributed by atoms with E-state index >= 15 is 0 Å². The molecule has 0 atom stereocenters.